The second-order valence-corrected chi connectivity index (χ2v) is 1.89. The van der Waals surface area contributed by atoms with Gasteiger partial charge in [-0.2, -0.15) is 4.98 Å². The van der Waals surface area contributed by atoms with Crippen LogP contribution in [0, 0.1) is 0 Å². The first-order valence-electron chi connectivity index (χ1n) is 1.75. The highest BCUT2D eigenvalue weighted by Gasteiger charge is 2.04. The van der Waals surface area contributed by atoms with Gasteiger partial charge in [-0.15, -0.1) is 0 Å². The first kappa shape index (κ1) is 5.59. The van der Waals surface area contributed by atoms with Crippen LogP contribution >= 0.6 is 20.2 Å². The fraction of sp³-hybridized carbons (Fsp3) is 0. The van der Waals surface area contributed by atoms with Crippen LogP contribution in [0.2, 0.25) is 0 Å². The van der Waals surface area contributed by atoms with Crippen LogP contribution in [0.5, 0.6) is 6.01 Å². The monoisotopic (exact) mass is 149 g/mol. The van der Waals surface area contributed by atoms with E-state index in [1.54, 1.807) is 5.51 Å². The Morgan fingerprint density at radius 1 is 2.00 bits per heavy atom. The lowest BCUT2D eigenvalue weighted by Gasteiger charge is -1.70. The van der Waals surface area contributed by atoms with Crippen molar-refractivity contribution < 1.29 is 14.1 Å². The van der Waals surface area contributed by atoms with Crippen molar-refractivity contribution in [3.05, 3.63) is 5.51 Å². The molecule has 0 unspecified atom stereocenters. The van der Waals surface area contributed by atoms with Crippen LogP contribution in [0.25, 0.3) is 0 Å². The van der Waals surface area contributed by atoms with Crippen LogP contribution in [-0.4, -0.2) is 4.37 Å². The number of nitrogens with one attached hydrogen (secondary N) is 1. The minimum Gasteiger partial charge on any atom is -0.333 e. The van der Waals surface area contributed by atoms with Crippen LogP contribution in [-0.2, 0) is 4.57 Å². The predicted molar refractivity (Wildman–Crippen MR) is 26.9 cm³/mol. The molecule has 1 N–H and O–H groups in total. The summed E-state index contributed by atoms with van der Waals surface area (Å²) in [5.74, 6) is 0. The van der Waals surface area contributed by atoms with Crippen LogP contribution in [0.4, 0.5) is 0 Å². The van der Waals surface area contributed by atoms with Gasteiger partial charge in [0.1, 0.15) is 11.5 Å². The summed E-state index contributed by atoms with van der Waals surface area (Å²) in [6.07, 6.45) is 0. The fourth-order valence-electron chi connectivity index (χ4n) is 0.256. The zero-order chi connectivity index (χ0) is 5.82. The molecule has 0 atom stereocenters. The molecule has 0 saturated heterocycles. The molecule has 8 heavy (non-hydrogen) atoms. The van der Waals surface area contributed by atoms with Crippen molar-refractivity contribution in [3.63, 3.8) is 0 Å². The lowest BCUT2D eigenvalue weighted by molar-refractivity contribution is -0.384. The van der Waals surface area contributed by atoms with Gasteiger partial charge in [0, 0.05) is 0 Å². The van der Waals surface area contributed by atoms with Crippen molar-refractivity contribution in [2.75, 3.05) is 0 Å². The molecular weight excluding hydrogens is 147 g/mol. The Morgan fingerprint density at radius 2 is 2.88 bits per heavy atom. The molecule has 42 valence electrons. The van der Waals surface area contributed by atoms with Crippen molar-refractivity contribution in [2.45, 2.75) is 0 Å². The molecule has 1 heterocycles. The number of hydrogen-bond acceptors (Lipinski definition) is 4. The summed E-state index contributed by atoms with van der Waals surface area (Å²) in [5.41, 5.74) is 1.63. The summed E-state index contributed by atoms with van der Waals surface area (Å²) in [6.45, 7) is 0. The highest BCUT2D eigenvalue weighted by molar-refractivity contribution is 7.17. The average Bonchev–Trinajstić information content (AvgIpc) is 2.19. The number of aromatic amines is 1. The van der Waals surface area contributed by atoms with Crippen molar-refractivity contribution in [1.29, 1.82) is 0 Å². The van der Waals surface area contributed by atoms with Gasteiger partial charge in [-0.05, 0) is 0 Å². The SMILES string of the molecule is O=POc1nsc[nH+]1. The van der Waals surface area contributed by atoms with Gasteiger partial charge in [0.05, 0.1) is 4.37 Å². The van der Waals surface area contributed by atoms with Gasteiger partial charge in [0.25, 0.3) is 0 Å². The molecule has 0 aromatic carbocycles. The van der Waals surface area contributed by atoms with Crippen LogP contribution in [0.3, 0.4) is 0 Å². The molecule has 0 bridgehead atoms. The molecule has 0 aliphatic rings. The van der Waals surface area contributed by atoms with Crippen LogP contribution in [0.1, 0.15) is 0 Å². The molecule has 0 amide bonds. The molecule has 0 saturated carbocycles. The topological polar surface area (TPSA) is 53.3 Å². The van der Waals surface area contributed by atoms with E-state index < -0.39 is 0 Å². The normalized spacial score (nSPS) is 9.50. The highest BCUT2D eigenvalue weighted by Crippen LogP contribution is 2.02. The summed E-state index contributed by atoms with van der Waals surface area (Å²) in [7, 11) is -0.381. The second kappa shape index (κ2) is 2.69. The van der Waals surface area contributed by atoms with Crippen molar-refractivity contribution in [3.8, 4) is 6.01 Å². The van der Waals surface area contributed by atoms with E-state index in [9.17, 15) is 4.57 Å². The van der Waals surface area contributed by atoms with E-state index >= 15 is 0 Å². The van der Waals surface area contributed by atoms with Gasteiger partial charge < -0.3 is 4.52 Å². The molecule has 0 radical (unpaired) electrons. The third kappa shape index (κ3) is 1.21. The molecule has 1 aromatic rings. The highest BCUT2D eigenvalue weighted by atomic mass is 32.1. The lowest BCUT2D eigenvalue weighted by atomic mass is 11.2. The Hall–Kier alpha value is -0.540. The molecule has 0 aliphatic carbocycles. The minimum absolute atomic E-state index is 0.284. The van der Waals surface area contributed by atoms with E-state index in [0.717, 1.165) is 0 Å². The van der Waals surface area contributed by atoms with Gasteiger partial charge in [0.15, 0.2) is 5.51 Å². The standard InChI is InChI=1S/C2HN2O2PS/c5-7-6-2-3-1-8-4-2/h1H/p+1. The quantitative estimate of drug-likeness (QED) is 0.576. The molecule has 6 heteroatoms. The molecule has 0 aliphatic heterocycles. The maximum Gasteiger partial charge on any atom is 0.520 e. The largest absolute Gasteiger partial charge is 0.520 e. The Kier molecular flexibility index (Phi) is 1.88. The van der Waals surface area contributed by atoms with Crippen molar-refractivity contribution in [2.24, 2.45) is 0 Å². The Morgan fingerprint density at radius 3 is 3.38 bits per heavy atom. The van der Waals surface area contributed by atoms with E-state index in [2.05, 4.69) is 13.9 Å². The van der Waals surface area contributed by atoms with E-state index in [-0.39, 0.29) is 14.7 Å². The molecular formula is C2H2N2O2PS+. The zero-order valence-corrected chi connectivity index (χ0v) is 5.41. The van der Waals surface area contributed by atoms with E-state index in [0.29, 0.717) is 0 Å². The fourth-order valence-corrected chi connectivity index (χ4v) is 0.867. The van der Waals surface area contributed by atoms with Gasteiger partial charge in [-0.1, -0.05) is 0 Å². The molecule has 0 spiro atoms. The summed E-state index contributed by atoms with van der Waals surface area (Å²) in [4.78, 5) is 2.62. The van der Waals surface area contributed by atoms with Crippen LogP contribution < -0.4 is 9.51 Å². The van der Waals surface area contributed by atoms with Gasteiger partial charge in [-0.25, -0.2) is 4.57 Å². The second-order valence-electron chi connectivity index (χ2n) is 0.930. The summed E-state index contributed by atoms with van der Waals surface area (Å²) in [5, 5.41) is 0. The van der Waals surface area contributed by atoms with Gasteiger partial charge >= 0.3 is 14.7 Å². The summed E-state index contributed by atoms with van der Waals surface area (Å²) >= 11 is 1.21. The smallest absolute Gasteiger partial charge is 0.333 e. The number of aromatic nitrogens is 2. The molecule has 4 nitrogen and oxygen atoms in total. The predicted octanol–water partition coefficient (Wildman–Crippen LogP) is 0.543. The first-order chi connectivity index (χ1) is 3.93. The number of H-pyrrole nitrogens is 1. The maximum atomic E-state index is 9.69. The van der Waals surface area contributed by atoms with Crippen molar-refractivity contribution >= 4 is 20.2 Å². The zero-order valence-electron chi connectivity index (χ0n) is 3.70. The van der Waals surface area contributed by atoms with Crippen molar-refractivity contribution in [1.82, 2.24) is 4.37 Å². The Balaban J connectivity index is 2.62. The third-order valence-electron chi connectivity index (χ3n) is 0.494. The molecule has 1 rings (SSSR count). The van der Waals surface area contributed by atoms with E-state index in [1.807, 2.05) is 0 Å². The Bertz CT molecular complexity index is 165. The summed E-state index contributed by atoms with van der Waals surface area (Å²) < 4.78 is 17.8. The van der Waals surface area contributed by atoms with E-state index in [4.69, 9.17) is 0 Å². The number of rotatable bonds is 2. The van der Waals surface area contributed by atoms with Gasteiger partial charge in [-0.3, -0.25) is 0 Å². The maximum absolute atomic E-state index is 9.69. The number of nitrogens with zero attached hydrogens (tertiary/aromatic N) is 1. The van der Waals surface area contributed by atoms with Gasteiger partial charge in [0.2, 0.25) is 0 Å². The Labute approximate surface area is 51.0 Å². The van der Waals surface area contributed by atoms with E-state index in [1.165, 1.54) is 11.5 Å². The minimum atomic E-state index is -0.381. The summed E-state index contributed by atoms with van der Waals surface area (Å²) in [6, 6.07) is 0.284. The average molecular weight is 149 g/mol. The third-order valence-corrected chi connectivity index (χ3v) is 1.24. The molecule has 1 aromatic heterocycles. The first-order valence-corrected chi connectivity index (χ1v) is 3.32. The number of hydrogen-bond donors (Lipinski definition) is 0. The lowest BCUT2D eigenvalue weighted by Crippen LogP contribution is -1.97. The van der Waals surface area contributed by atoms with Crippen LogP contribution in [0.15, 0.2) is 5.51 Å². The molecule has 0 fully saturated rings.